The Morgan fingerprint density at radius 3 is 2.43 bits per heavy atom. The Morgan fingerprint density at radius 2 is 1.93 bits per heavy atom. The quantitative estimate of drug-likeness (QED) is 0.768. The van der Waals surface area contributed by atoms with Crippen molar-refractivity contribution in [2.45, 2.75) is 19.9 Å². The van der Waals surface area contributed by atoms with Crippen molar-refractivity contribution in [1.29, 1.82) is 0 Å². The Kier molecular flexibility index (Phi) is 4.47. The van der Waals surface area contributed by atoms with Crippen molar-refractivity contribution < 1.29 is 0 Å². The van der Waals surface area contributed by atoms with Crippen LogP contribution < -0.4 is 10.2 Å². The molecule has 78 valence electrons. The third kappa shape index (κ3) is 3.04. The zero-order valence-electron chi connectivity index (χ0n) is 9.33. The van der Waals surface area contributed by atoms with Crippen LogP contribution in [0.25, 0.3) is 0 Å². The highest BCUT2D eigenvalue weighted by Crippen LogP contribution is 2.12. The lowest BCUT2D eigenvalue weighted by molar-refractivity contribution is 0.592. The van der Waals surface area contributed by atoms with Crippen LogP contribution in [0.2, 0.25) is 0 Å². The van der Waals surface area contributed by atoms with Gasteiger partial charge in [0.1, 0.15) is 0 Å². The van der Waals surface area contributed by atoms with Crippen molar-refractivity contribution in [2.24, 2.45) is 0 Å². The summed E-state index contributed by atoms with van der Waals surface area (Å²) in [7, 11) is 2.00. The Balaban J connectivity index is 2.63. The molecule has 0 heterocycles. The number of benzene rings is 1. The van der Waals surface area contributed by atoms with Gasteiger partial charge in [0.2, 0.25) is 0 Å². The highest BCUT2D eigenvalue weighted by molar-refractivity contribution is 5.45. The molecule has 0 saturated carbocycles. The van der Waals surface area contributed by atoms with E-state index in [1.807, 2.05) is 7.05 Å². The second-order valence-corrected chi connectivity index (χ2v) is 3.56. The monoisotopic (exact) mass is 192 g/mol. The fraction of sp³-hybridized carbons (Fsp3) is 0.500. The molecule has 0 spiro atoms. The van der Waals surface area contributed by atoms with E-state index in [0.717, 1.165) is 13.1 Å². The molecule has 0 fully saturated rings. The molecule has 1 N–H and O–H groups in total. The number of hydrogen-bond acceptors (Lipinski definition) is 2. The van der Waals surface area contributed by atoms with E-state index in [1.54, 1.807) is 0 Å². The molecular weight excluding hydrogens is 172 g/mol. The summed E-state index contributed by atoms with van der Waals surface area (Å²) in [5, 5.41) is 3.26. The lowest BCUT2D eigenvalue weighted by Gasteiger charge is -2.26. The van der Waals surface area contributed by atoms with Gasteiger partial charge in [-0.1, -0.05) is 18.2 Å². The maximum Gasteiger partial charge on any atom is 0.0366 e. The summed E-state index contributed by atoms with van der Waals surface area (Å²) in [5.41, 5.74) is 1.30. The zero-order chi connectivity index (χ0) is 10.4. The van der Waals surface area contributed by atoms with E-state index in [-0.39, 0.29) is 0 Å². The van der Waals surface area contributed by atoms with Crippen LogP contribution in [0.4, 0.5) is 5.69 Å². The van der Waals surface area contributed by atoms with Gasteiger partial charge < -0.3 is 10.2 Å². The van der Waals surface area contributed by atoms with E-state index in [1.165, 1.54) is 5.69 Å². The van der Waals surface area contributed by atoms with E-state index < -0.39 is 0 Å². The summed E-state index contributed by atoms with van der Waals surface area (Å²) >= 11 is 0. The number of likely N-dealkylation sites (N-methyl/N-ethyl adjacent to an activating group) is 2. The average molecular weight is 192 g/mol. The van der Waals surface area contributed by atoms with Gasteiger partial charge in [-0.2, -0.15) is 0 Å². The minimum Gasteiger partial charge on any atom is -0.370 e. The van der Waals surface area contributed by atoms with Crippen LogP contribution in [0.3, 0.4) is 0 Å². The third-order valence-electron chi connectivity index (χ3n) is 2.49. The van der Waals surface area contributed by atoms with Crippen LogP contribution in [-0.4, -0.2) is 26.2 Å². The summed E-state index contributed by atoms with van der Waals surface area (Å²) in [4.78, 5) is 2.38. The highest BCUT2D eigenvalue weighted by atomic mass is 15.1. The van der Waals surface area contributed by atoms with Gasteiger partial charge in [-0.05, 0) is 33.0 Å². The first-order valence-corrected chi connectivity index (χ1v) is 5.25. The molecule has 0 radical (unpaired) electrons. The van der Waals surface area contributed by atoms with Crippen molar-refractivity contribution in [2.75, 3.05) is 25.0 Å². The molecule has 0 aliphatic carbocycles. The van der Waals surface area contributed by atoms with Crippen molar-refractivity contribution in [3.8, 4) is 0 Å². The SMILES string of the molecule is CCN(CC(C)NC)c1ccccc1. The second kappa shape index (κ2) is 5.66. The van der Waals surface area contributed by atoms with Crippen LogP contribution in [0, 0.1) is 0 Å². The molecule has 1 atom stereocenters. The number of nitrogens with one attached hydrogen (secondary N) is 1. The van der Waals surface area contributed by atoms with E-state index in [2.05, 4.69) is 54.4 Å². The molecule has 0 bridgehead atoms. The topological polar surface area (TPSA) is 15.3 Å². The molecule has 1 unspecified atom stereocenters. The van der Waals surface area contributed by atoms with Gasteiger partial charge in [0.25, 0.3) is 0 Å². The molecule has 2 nitrogen and oxygen atoms in total. The molecular formula is C12H20N2. The lowest BCUT2D eigenvalue weighted by Crippen LogP contribution is -2.37. The summed E-state index contributed by atoms with van der Waals surface area (Å²) in [6.45, 7) is 6.49. The molecule has 0 aliphatic rings. The Morgan fingerprint density at radius 1 is 1.29 bits per heavy atom. The van der Waals surface area contributed by atoms with Gasteiger partial charge in [0.05, 0.1) is 0 Å². The molecule has 0 aromatic heterocycles. The summed E-state index contributed by atoms with van der Waals surface area (Å²) < 4.78 is 0. The van der Waals surface area contributed by atoms with Gasteiger partial charge >= 0.3 is 0 Å². The molecule has 1 rings (SSSR count). The zero-order valence-corrected chi connectivity index (χ0v) is 9.33. The first-order chi connectivity index (χ1) is 6.77. The van der Waals surface area contributed by atoms with Gasteiger partial charge in [-0.15, -0.1) is 0 Å². The molecule has 0 saturated heterocycles. The van der Waals surface area contributed by atoms with Gasteiger partial charge in [-0.25, -0.2) is 0 Å². The van der Waals surface area contributed by atoms with E-state index >= 15 is 0 Å². The van der Waals surface area contributed by atoms with Crippen molar-refractivity contribution in [3.05, 3.63) is 30.3 Å². The Bertz CT molecular complexity index is 246. The third-order valence-corrected chi connectivity index (χ3v) is 2.49. The summed E-state index contributed by atoms with van der Waals surface area (Å²) in [6.07, 6.45) is 0. The minimum atomic E-state index is 0.523. The van der Waals surface area contributed by atoms with Gasteiger partial charge in [0, 0.05) is 24.8 Å². The fourth-order valence-corrected chi connectivity index (χ4v) is 1.48. The average Bonchev–Trinajstić information content (AvgIpc) is 2.26. The smallest absolute Gasteiger partial charge is 0.0366 e. The Labute approximate surface area is 86.9 Å². The highest BCUT2D eigenvalue weighted by Gasteiger charge is 2.06. The fourth-order valence-electron chi connectivity index (χ4n) is 1.48. The molecule has 0 amide bonds. The minimum absolute atomic E-state index is 0.523. The van der Waals surface area contributed by atoms with Crippen LogP contribution in [-0.2, 0) is 0 Å². The molecule has 14 heavy (non-hydrogen) atoms. The number of anilines is 1. The van der Waals surface area contributed by atoms with Crippen LogP contribution in [0.5, 0.6) is 0 Å². The number of hydrogen-bond donors (Lipinski definition) is 1. The van der Waals surface area contributed by atoms with Crippen molar-refractivity contribution >= 4 is 5.69 Å². The lowest BCUT2D eigenvalue weighted by atomic mass is 10.2. The second-order valence-electron chi connectivity index (χ2n) is 3.56. The molecule has 0 aliphatic heterocycles. The number of rotatable bonds is 5. The summed E-state index contributed by atoms with van der Waals surface area (Å²) in [5.74, 6) is 0. The molecule has 1 aromatic carbocycles. The van der Waals surface area contributed by atoms with Crippen molar-refractivity contribution in [3.63, 3.8) is 0 Å². The standard InChI is InChI=1S/C12H20N2/c1-4-14(10-11(2)13-3)12-8-6-5-7-9-12/h5-9,11,13H,4,10H2,1-3H3. The first kappa shape index (κ1) is 11.1. The normalized spacial score (nSPS) is 12.5. The van der Waals surface area contributed by atoms with Crippen LogP contribution >= 0.6 is 0 Å². The van der Waals surface area contributed by atoms with E-state index in [4.69, 9.17) is 0 Å². The number of nitrogens with zero attached hydrogens (tertiary/aromatic N) is 1. The number of para-hydroxylation sites is 1. The van der Waals surface area contributed by atoms with Gasteiger partial charge in [-0.3, -0.25) is 0 Å². The maximum atomic E-state index is 3.26. The van der Waals surface area contributed by atoms with Crippen LogP contribution in [0.1, 0.15) is 13.8 Å². The summed E-state index contributed by atoms with van der Waals surface area (Å²) in [6, 6.07) is 11.1. The molecule has 1 aromatic rings. The van der Waals surface area contributed by atoms with Gasteiger partial charge in [0.15, 0.2) is 0 Å². The van der Waals surface area contributed by atoms with Crippen molar-refractivity contribution in [1.82, 2.24) is 5.32 Å². The Hall–Kier alpha value is -1.02. The van der Waals surface area contributed by atoms with E-state index in [0.29, 0.717) is 6.04 Å². The first-order valence-electron chi connectivity index (χ1n) is 5.25. The van der Waals surface area contributed by atoms with E-state index in [9.17, 15) is 0 Å². The largest absolute Gasteiger partial charge is 0.370 e. The van der Waals surface area contributed by atoms with Crippen LogP contribution in [0.15, 0.2) is 30.3 Å². The predicted octanol–water partition coefficient (Wildman–Crippen LogP) is 2.12. The predicted molar refractivity (Wildman–Crippen MR) is 62.9 cm³/mol. The molecule has 2 heteroatoms. The maximum absolute atomic E-state index is 3.26.